The van der Waals surface area contributed by atoms with Crippen molar-refractivity contribution in [2.45, 2.75) is 31.0 Å². The number of thiophene rings is 1. The number of hydrogen-bond donors (Lipinski definition) is 4. The van der Waals surface area contributed by atoms with Crippen LogP contribution in [0.5, 0.6) is 11.5 Å². The molecule has 1 aliphatic heterocycles. The van der Waals surface area contributed by atoms with Gasteiger partial charge in [0.2, 0.25) is 0 Å². The molecule has 7 N–H and O–H groups in total. The molecule has 200 valence electrons. The summed E-state index contributed by atoms with van der Waals surface area (Å²) in [4.78, 5) is 30.0. The van der Waals surface area contributed by atoms with Crippen molar-refractivity contribution < 1.29 is 14.3 Å². The van der Waals surface area contributed by atoms with Crippen molar-refractivity contribution >= 4 is 38.8 Å². The third-order valence-corrected chi connectivity index (χ3v) is 9.25. The molecule has 3 unspecified atom stereocenters. The van der Waals surface area contributed by atoms with Crippen LogP contribution in [0.25, 0.3) is 10.1 Å². The number of ketones is 1. The van der Waals surface area contributed by atoms with Crippen molar-refractivity contribution in [1.29, 1.82) is 0 Å². The standard InChI is InChI=1S/C30H31N5O3S/c1-16-14-19(38-18-6-4-3-5-7-18)8-9-20(16)30(33)21-10-11-22(31)26-23(21)24(25(32)28(30)36)27(39-26)29(37)35(2)17-12-13-34-15-17/h3-11,14,17,25,34H,12-13,15,31-33H2,1-2H3. The van der Waals surface area contributed by atoms with Crippen molar-refractivity contribution in [2.75, 3.05) is 25.9 Å². The van der Waals surface area contributed by atoms with E-state index >= 15 is 0 Å². The predicted octanol–water partition coefficient (Wildman–Crippen LogP) is 3.80. The second-order valence-corrected chi connectivity index (χ2v) is 11.4. The Bertz CT molecular complexity index is 1610. The summed E-state index contributed by atoms with van der Waals surface area (Å²) in [5.74, 6) is 0.825. The molecule has 1 amide bonds. The summed E-state index contributed by atoms with van der Waals surface area (Å²) in [5.41, 5.74) is 21.7. The number of hydrogen-bond acceptors (Lipinski definition) is 8. The van der Waals surface area contributed by atoms with Gasteiger partial charge < -0.3 is 32.2 Å². The van der Waals surface area contributed by atoms with E-state index in [0.717, 1.165) is 29.8 Å². The van der Waals surface area contributed by atoms with Crippen molar-refractivity contribution in [3.63, 3.8) is 0 Å². The molecule has 0 saturated carbocycles. The Labute approximate surface area is 230 Å². The number of amides is 1. The number of nitrogen functional groups attached to an aromatic ring is 1. The molecular weight excluding hydrogens is 510 g/mol. The van der Waals surface area contributed by atoms with Crippen LogP contribution in [0.1, 0.15) is 44.4 Å². The molecule has 0 bridgehead atoms. The second-order valence-electron chi connectivity index (χ2n) is 10.4. The Balaban J connectivity index is 1.48. The van der Waals surface area contributed by atoms with Crippen LogP contribution in [0.3, 0.4) is 0 Å². The van der Waals surface area contributed by atoms with Gasteiger partial charge in [0, 0.05) is 36.3 Å². The lowest BCUT2D eigenvalue weighted by molar-refractivity contribution is -0.124. The molecular formula is C30H31N5O3S. The number of carbonyl (C=O) groups excluding carboxylic acids is 2. The molecule has 4 aromatic rings. The van der Waals surface area contributed by atoms with E-state index in [9.17, 15) is 9.59 Å². The minimum absolute atomic E-state index is 0.0788. The number of benzene rings is 3. The van der Waals surface area contributed by atoms with Crippen LogP contribution in [0.15, 0.2) is 60.7 Å². The van der Waals surface area contributed by atoms with E-state index in [2.05, 4.69) is 5.32 Å². The molecule has 2 aliphatic rings. The maximum atomic E-state index is 14.1. The first-order valence-corrected chi connectivity index (χ1v) is 13.8. The summed E-state index contributed by atoms with van der Waals surface area (Å²) < 4.78 is 6.72. The van der Waals surface area contributed by atoms with Crippen LogP contribution >= 0.6 is 11.3 Å². The van der Waals surface area contributed by atoms with Crippen LogP contribution in [0.4, 0.5) is 5.69 Å². The number of anilines is 1. The van der Waals surface area contributed by atoms with Gasteiger partial charge in [0.15, 0.2) is 5.78 Å². The van der Waals surface area contributed by atoms with Gasteiger partial charge in [0.1, 0.15) is 17.0 Å². The van der Waals surface area contributed by atoms with Gasteiger partial charge in [-0.15, -0.1) is 11.3 Å². The van der Waals surface area contributed by atoms with Gasteiger partial charge in [-0.1, -0.05) is 30.3 Å². The summed E-state index contributed by atoms with van der Waals surface area (Å²) in [7, 11) is 1.80. The molecule has 1 fully saturated rings. The van der Waals surface area contributed by atoms with Gasteiger partial charge in [0.25, 0.3) is 5.91 Å². The van der Waals surface area contributed by atoms with E-state index in [-0.39, 0.29) is 17.7 Å². The van der Waals surface area contributed by atoms with Gasteiger partial charge in [-0.25, -0.2) is 0 Å². The normalized spacial score (nSPS) is 22.3. The first-order valence-electron chi connectivity index (χ1n) is 13.0. The third-order valence-electron chi connectivity index (χ3n) is 8.01. The highest BCUT2D eigenvalue weighted by molar-refractivity contribution is 7.21. The topological polar surface area (TPSA) is 137 Å². The minimum atomic E-state index is -1.52. The molecule has 2 heterocycles. The Morgan fingerprint density at radius 1 is 1.10 bits per heavy atom. The van der Waals surface area contributed by atoms with Gasteiger partial charge in [-0.3, -0.25) is 9.59 Å². The number of para-hydroxylation sites is 1. The smallest absolute Gasteiger partial charge is 0.264 e. The van der Waals surface area contributed by atoms with Crippen LogP contribution in [-0.4, -0.2) is 42.8 Å². The fraction of sp³-hybridized carbons (Fsp3) is 0.267. The Morgan fingerprint density at radius 2 is 1.85 bits per heavy atom. The van der Waals surface area contributed by atoms with Gasteiger partial charge in [-0.2, -0.15) is 0 Å². The number of carbonyl (C=O) groups is 2. The van der Waals surface area contributed by atoms with E-state index < -0.39 is 11.6 Å². The molecule has 0 spiro atoms. The molecule has 9 heteroatoms. The highest BCUT2D eigenvalue weighted by Gasteiger charge is 2.49. The van der Waals surface area contributed by atoms with E-state index in [4.69, 9.17) is 21.9 Å². The fourth-order valence-electron chi connectivity index (χ4n) is 5.88. The van der Waals surface area contributed by atoms with Crippen molar-refractivity contribution in [3.8, 4) is 11.5 Å². The zero-order valence-electron chi connectivity index (χ0n) is 21.9. The van der Waals surface area contributed by atoms with Crippen LogP contribution in [-0.2, 0) is 10.3 Å². The highest BCUT2D eigenvalue weighted by Crippen LogP contribution is 2.50. The lowest BCUT2D eigenvalue weighted by atomic mass is 9.69. The minimum Gasteiger partial charge on any atom is -0.457 e. The Kier molecular flexibility index (Phi) is 6.19. The van der Waals surface area contributed by atoms with Crippen molar-refractivity contribution in [1.82, 2.24) is 10.2 Å². The van der Waals surface area contributed by atoms with Crippen LogP contribution < -0.4 is 27.3 Å². The fourth-order valence-corrected chi connectivity index (χ4v) is 7.16. The van der Waals surface area contributed by atoms with Gasteiger partial charge >= 0.3 is 0 Å². The van der Waals surface area contributed by atoms with E-state index in [1.54, 1.807) is 30.1 Å². The average molecular weight is 542 g/mol. The monoisotopic (exact) mass is 541 g/mol. The number of aryl methyl sites for hydroxylation is 1. The number of nitrogens with zero attached hydrogens (tertiary/aromatic N) is 1. The zero-order chi connectivity index (χ0) is 27.5. The summed E-state index contributed by atoms with van der Waals surface area (Å²) in [6, 6.07) is 17.5. The third kappa shape index (κ3) is 3.92. The molecule has 39 heavy (non-hydrogen) atoms. The van der Waals surface area contributed by atoms with Gasteiger partial charge in [0.05, 0.1) is 15.6 Å². The largest absolute Gasteiger partial charge is 0.457 e. The Hall–Kier alpha value is -3.76. The molecule has 6 rings (SSSR count). The lowest BCUT2D eigenvalue weighted by Gasteiger charge is -2.37. The first-order chi connectivity index (χ1) is 18.7. The summed E-state index contributed by atoms with van der Waals surface area (Å²) >= 11 is 1.29. The number of nitrogens with two attached hydrogens (primary N) is 3. The van der Waals surface area contributed by atoms with Crippen LogP contribution in [0, 0.1) is 6.92 Å². The van der Waals surface area contributed by atoms with E-state index in [0.29, 0.717) is 44.1 Å². The molecule has 3 atom stereocenters. The summed E-state index contributed by atoms with van der Waals surface area (Å²) in [6.07, 6.45) is 0.871. The molecule has 0 radical (unpaired) electrons. The number of likely N-dealkylation sites (N-methyl/N-ethyl adjacent to an activating group) is 1. The molecule has 1 aliphatic carbocycles. The molecule has 1 aromatic heterocycles. The number of nitrogens with one attached hydrogen (secondary N) is 1. The van der Waals surface area contributed by atoms with Crippen LogP contribution in [0.2, 0.25) is 0 Å². The summed E-state index contributed by atoms with van der Waals surface area (Å²) in [6.45, 7) is 3.49. The van der Waals surface area contributed by atoms with Crippen molar-refractivity contribution in [2.24, 2.45) is 11.5 Å². The molecule has 8 nitrogen and oxygen atoms in total. The predicted molar refractivity (Wildman–Crippen MR) is 154 cm³/mol. The lowest BCUT2D eigenvalue weighted by Crippen LogP contribution is -2.53. The SMILES string of the molecule is Cc1cc(Oc2ccccc2)ccc1C1(N)C(=O)C(N)c2c(C(=O)N(C)C3CCNC3)sc3c(N)ccc1c23. The zero-order valence-corrected chi connectivity index (χ0v) is 22.7. The maximum Gasteiger partial charge on any atom is 0.264 e. The Morgan fingerprint density at radius 3 is 2.54 bits per heavy atom. The number of ether oxygens (including phenoxy) is 1. The van der Waals surface area contributed by atoms with E-state index in [1.807, 2.05) is 49.4 Å². The van der Waals surface area contributed by atoms with Gasteiger partial charge in [-0.05, 0) is 66.9 Å². The summed E-state index contributed by atoms with van der Waals surface area (Å²) in [5, 5.41) is 4.01. The second kappa shape index (κ2) is 9.46. The quantitative estimate of drug-likeness (QED) is 0.282. The number of Topliss-reactive ketones (excluding diaryl/α,β-unsaturated/α-hetero) is 1. The average Bonchev–Trinajstić information content (AvgIpc) is 3.61. The molecule has 1 saturated heterocycles. The molecule has 3 aromatic carbocycles. The number of rotatable bonds is 5. The van der Waals surface area contributed by atoms with E-state index in [1.165, 1.54) is 11.3 Å². The van der Waals surface area contributed by atoms with Crippen molar-refractivity contribution in [3.05, 3.63) is 87.8 Å². The highest BCUT2D eigenvalue weighted by atomic mass is 32.1. The maximum absolute atomic E-state index is 14.1. The first kappa shape index (κ1) is 25.5.